The van der Waals surface area contributed by atoms with Crippen molar-refractivity contribution in [2.24, 2.45) is 5.92 Å². The Hall–Kier alpha value is -5.84. The molecule has 11 nitrogen and oxygen atoms in total. The molecule has 1 aliphatic carbocycles. The van der Waals surface area contributed by atoms with E-state index >= 15 is 0 Å². The SMILES string of the molecule is COc1cc([C@@H]2c3c(cc(OC)c(O)c3OC)C=C(C(=O)NCCc3ccc(O)cc3)[C@@H]2C(=O)NCCc2ccc(O)cc2)cc(C)c1O. The minimum atomic E-state index is -1.11. The molecular formula is C38H40N2O9. The van der Waals surface area contributed by atoms with E-state index in [0.29, 0.717) is 35.1 Å². The number of phenols is 4. The molecule has 4 aromatic rings. The summed E-state index contributed by atoms with van der Waals surface area (Å²) in [6.07, 6.45) is 2.55. The molecule has 0 heterocycles. The summed E-state index contributed by atoms with van der Waals surface area (Å²) in [5.74, 6) is -2.60. The van der Waals surface area contributed by atoms with Crippen molar-refractivity contribution in [1.82, 2.24) is 10.6 Å². The molecule has 5 rings (SSSR count). The van der Waals surface area contributed by atoms with Gasteiger partial charge in [-0.05, 0) is 90.1 Å². The number of carbonyl (C=O) groups is 2. The van der Waals surface area contributed by atoms with Gasteiger partial charge in [0.25, 0.3) is 0 Å². The molecule has 11 heteroatoms. The van der Waals surface area contributed by atoms with Gasteiger partial charge in [0.2, 0.25) is 17.6 Å². The third kappa shape index (κ3) is 7.35. The van der Waals surface area contributed by atoms with E-state index < -0.39 is 23.7 Å². The highest BCUT2D eigenvalue weighted by atomic mass is 16.5. The monoisotopic (exact) mass is 668 g/mol. The van der Waals surface area contributed by atoms with E-state index in [9.17, 15) is 30.0 Å². The molecule has 256 valence electrons. The van der Waals surface area contributed by atoms with Crippen molar-refractivity contribution in [3.63, 3.8) is 0 Å². The first-order valence-corrected chi connectivity index (χ1v) is 15.7. The van der Waals surface area contributed by atoms with Gasteiger partial charge in [-0.1, -0.05) is 30.3 Å². The van der Waals surface area contributed by atoms with Crippen molar-refractivity contribution in [3.8, 4) is 40.2 Å². The van der Waals surface area contributed by atoms with Crippen LogP contribution in [-0.2, 0) is 22.4 Å². The van der Waals surface area contributed by atoms with Gasteiger partial charge in [0.15, 0.2) is 23.0 Å². The Morgan fingerprint density at radius 3 is 1.82 bits per heavy atom. The molecule has 49 heavy (non-hydrogen) atoms. The second-order valence-electron chi connectivity index (χ2n) is 11.8. The van der Waals surface area contributed by atoms with Crippen molar-refractivity contribution >= 4 is 17.9 Å². The maximum Gasteiger partial charge on any atom is 0.248 e. The molecule has 2 amide bonds. The van der Waals surface area contributed by atoms with Crippen LogP contribution in [0, 0.1) is 12.8 Å². The fraction of sp³-hybridized carbons (Fsp3) is 0.263. The Labute approximate surface area is 284 Å². The van der Waals surface area contributed by atoms with Gasteiger partial charge in [0.05, 0.1) is 27.2 Å². The predicted molar refractivity (Wildman–Crippen MR) is 184 cm³/mol. The van der Waals surface area contributed by atoms with Crippen LogP contribution in [0.4, 0.5) is 0 Å². The molecule has 0 unspecified atom stereocenters. The molecule has 0 bridgehead atoms. The van der Waals surface area contributed by atoms with Crippen LogP contribution in [0.15, 0.2) is 72.3 Å². The first-order valence-electron chi connectivity index (χ1n) is 15.7. The summed E-state index contributed by atoms with van der Waals surface area (Å²) in [4.78, 5) is 28.5. The van der Waals surface area contributed by atoms with Crippen LogP contribution in [0.25, 0.3) is 6.08 Å². The van der Waals surface area contributed by atoms with Crippen molar-refractivity contribution < 1.29 is 44.2 Å². The lowest BCUT2D eigenvalue weighted by molar-refractivity contribution is -0.127. The van der Waals surface area contributed by atoms with Gasteiger partial charge in [0, 0.05) is 30.1 Å². The molecular weight excluding hydrogens is 628 g/mol. The largest absolute Gasteiger partial charge is 0.508 e. The summed E-state index contributed by atoms with van der Waals surface area (Å²) in [5.41, 5.74) is 3.93. The lowest BCUT2D eigenvalue weighted by Crippen LogP contribution is -2.42. The van der Waals surface area contributed by atoms with Crippen LogP contribution in [-0.4, -0.2) is 66.7 Å². The van der Waals surface area contributed by atoms with Crippen LogP contribution in [0.2, 0.25) is 0 Å². The van der Waals surface area contributed by atoms with Crippen molar-refractivity contribution in [2.75, 3.05) is 34.4 Å². The zero-order chi connectivity index (χ0) is 35.2. The number of benzene rings is 4. The normalized spacial score (nSPS) is 15.1. The number of rotatable bonds is 12. The van der Waals surface area contributed by atoms with Crippen LogP contribution in [0.3, 0.4) is 0 Å². The summed E-state index contributed by atoms with van der Waals surface area (Å²) >= 11 is 0. The fourth-order valence-corrected chi connectivity index (χ4v) is 6.22. The van der Waals surface area contributed by atoms with E-state index in [0.717, 1.165) is 11.1 Å². The molecule has 2 atom stereocenters. The number of nitrogens with one attached hydrogen (secondary N) is 2. The first kappa shape index (κ1) is 34.5. The highest BCUT2D eigenvalue weighted by molar-refractivity contribution is 6.06. The Kier molecular flexibility index (Phi) is 10.5. The van der Waals surface area contributed by atoms with E-state index in [-0.39, 0.29) is 58.9 Å². The van der Waals surface area contributed by atoms with Crippen LogP contribution in [0.1, 0.15) is 39.3 Å². The molecule has 0 aromatic heterocycles. The van der Waals surface area contributed by atoms with E-state index in [1.807, 2.05) is 0 Å². The number of aryl methyl sites for hydroxylation is 1. The summed E-state index contributed by atoms with van der Waals surface area (Å²) < 4.78 is 16.6. The Bertz CT molecular complexity index is 1870. The van der Waals surface area contributed by atoms with Crippen molar-refractivity contribution in [3.05, 3.63) is 106 Å². The van der Waals surface area contributed by atoms with Crippen LogP contribution >= 0.6 is 0 Å². The van der Waals surface area contributed by atoms with Gasteiger partial charge in [-0.15, -0.1) is 0 Å². The molecule has 6 N–H and O–H groups in total. The highest BCUT2D eigenvalue weighted by Crippen LogP contribution is 2.53. The molecule has 4 aromatic carbocycles. The third-order valence-electron chi connectivity index (χ3n) is 8.70. The molecule has 0 radical (unpaired) electrons. The summed E-state index contributed by atoms with van der Waals surface area (Å²) in [5, 5.41) is 47.1. The number of fused-ring (bicyclic) bond motifs is 1. The van der Waals surface area contributed by atoms with E-state index in [4.69, 9.17) is 14.2 Å². The molecule has 0 spiro atoms. The van der Waals surface area contributed by atoms with Gasteiger partial charge in [0.1, 0.15) is 11.5 Å². The molecule has 1 aliphatic rings. The average Bonchev–Trinajstić information content (AvgIpc) is 3.10. The van der Waals surface area contributed by atoms with Gasteiger partial charge >= 0.3 is 0 Å². The smallest absolute Gasteiger partial charge is 0.248 e. The highest BCUT2D eigenvalue weighted by Gasteiger charge is 2.43. The second kappa shape index (κ2) is 14.9. The van der Waals surface area contributed by atoms with Crippen molar-refractivity contribution in [1.29, 1.82) is 0 Å². The lowest BCUT2D eigenvalue weighted by Gasteiger charge is -2.35. The zero-order valence-electron chi connectivity index (χ0n) is 27.7. The topological polar surface area (TPSA) is 167 Å². The van der Waals surface area contributed by atoms with Crippen molar-refractivity contribution in [2.45, 2.75) is 25.7 Å². The number of methoxy groups -OCH3 is 3. The maximum absolute atomic E-state index is 14.4. The lowest BCUT2D eigenvalue weighted by atomic mass is 9.70. The first-order chi connectivity index (χ1) is 23.6. The van der Waals surface area contributed by atoms with Gasteiger partial charge < -0.3 is 45.3 Å². The maximum atomic E-state index is 14.4. The standard InChI is InChI=1S/C38H40N2O9/c1-21-17-24(19-29(47-2)34(21)43)31-32-25(20-30(48-3)35(44)36(32)49-4)18-28(37(45)39-15-13-22-5-9-26(41)10-6-22)33(31)38(46)40-16-14-23-7-11-27(42)12-8-23/h5-12,17-20,31,33,41-44H,13-16H2,1-4H3,(H,39,45)(H,40,46)/t31-,33+/m1/s1. The van der Waals surface area contributed by atoms with E-state index in [1.54, 1.807) is 79.7 Å². The van der Waals surface area contributed by atoms with E-state index in [1.165, 1.54) is 21.3 Å². The third-order valence-corrected chi connectivity index (χ3v) is 8.70. The minimum Gasteiger partial charge on any atom is -0.508 e. The summed E-state index contributed by atoms with van der Waals surface area (Å²) in [6.45, 7) is 2.19. The molecule has 0 fully saturated rings. The quantitative estimate of drug-likeness (QED) is 0.125. The Morgan fingerprint density at radius 2 is 1.27 bits per heavy atom. The predicted octanol–water partition coefficient (Wildman–Crippen LogP) is 4.71. The summed E-state index contributed by atoms with van der Waals surface area (Å²) in [7, 11) is 4.22. The van der Waals surface area contributed by atoms with Gasteiger partial charge in [-0.2, -0.15) is 0 Å². The number of ether oxygens (including phenoxy) is 3. The van der Waals surface area contributed by atoms with Gasteiger partial charge in [-0.25, -0.2) is 0 Å². The summed E-state index contributed by atoms with van der Waals surface area (Å²) in [6, 6.07) is 18.3. The number of phenolic OH excluding ortho intramolecular Hbond substituents is 4. The van der Waals surface area contributed by atoms with Gasteiger partial charge in [-0.3, -0.25) is 9.59 Å². The van der Waals surface area contributed by atoms with Crippen LogP contribution in [0.5, 0.6) is 40.2 Å². The minimum absolute atomic E-state index is 0.0653. The fourth-order valence-electron chi connectivity index (χ4n) is 6.22. The number of aromatic hydroxyl groups is 4. The zero-order valence-corrected chi connectivity index (χ0v) is 27.7. The Morgan fingerprint density at radius 1 is 0.714 bits per heavy atom. The number of amides is 2. The van der Waals surface area contributed by atoms with E-state index in [2.05, 4.69) is 10.6 Å². The molecule has 0 saturated carbocycles. The second-order valence-corrected chi connectivity index (χ2v) is 11.8. The average molecular weight is 669 g/mol. The number of carbonyl (C=O) groups excluding carboxylic acids is 2. The van der Waals surface area contributed by atoms with Crippen LogP contribution < -0.4 is 24.8 Å². The number of hydrogen-bond donors (Lipinski definition) is 6. The molecule has 0 aliphatic heterocycles. The Balaban J connectivity index is 1.61. The molecule has 0 saturated heterocycles. The number of hydrogen-bond acceptors (Lipinski definition) is 9.